The Labute approximate surface area is 97.1 Å². The van der Waals surface area contributed by atoms with Gasteiger partial charge in [0.15, 0.2) is 0 Å². The fourth-order valence-electron chi connectivity index (χ4n) is 1.66. The average Bonchev–Trinajstić information content (AvgIpc) is 2.26. The smallest absolute Gasteiger partial charge is 0.149 e. The van der Waals surface area contributed by atoms with E-state index in [1.165, 1.54) is 0 Å². The predicted octanol–water partition coefficient (Wildman–Crippen LogP) is 4.12. The first-order valence-corrected chi connectivity index (χ1v) is 5.44. The standard InChI is InChI=1S/C12H10ClF2N/c1-2-3-7-6-8-9(14)4-5-10(15)11(8)16-12(7)13/h4-6H,2-3H2,1H3. The number of benzene rings is 1. The van der Waals surface area contributed by atoms with E-state index >= 15 is 0 Å². The minimum absolute atomic E-state index is 0.00940. The lowest BCUT2D eigenvalue weighted by Gasteiger charge is -2.06. The van der Waals surface area contributed by atoms with E-state index in [2.05, 4.69) is 4.98 Å². The van der Waals surface area contributed by atoms with E-state index in [9.17, 15) is 8.78 Å². The van der Waals surface area contributed by atoms with Crippen molar-refractivity contribution < 1.29 is 8.78 Å². The van der Waals surface area contributed by atoms with Crippen LogP contribution in [0.1, 0.15) is 18.9 Å². The molecule has 0 bridgehead atoms. The highest BCUT2D eigenvalue weighted by atomic mass is 35.5. The van der Waals surface area contributed by atoms with Crippen LogP contribution in [-0.4, -0.2) is 4.98 Å². The lowest BCUT2D eigenvalue weighted by molar-refractivity contribution is 0.615. The third kappa shape index (κ3) is 1.87. The SMILES string of the molecule is CCCc1cc2c(F)ccc(F)c2nc1Cl. The molecular formula is C12H10ClF2N. The Kier molecular flexibility index (Phi) is 3.06. The van der Waals surface area contributed by atoms with Gasteiger partial charge in [-0.25, -0.2) is 13.8 Å². The molecule has 16 heavy (non-hydrogen) atoms. The highest BCUT2D eigenvalue weighted by molar-refractivity contribution is 6.30. The molecule has 1 heterocycles. The molecule has 1 aromatic carbocycles. The van der Waals surface area contributed by atoms with Gasteiger partial charge in [0.1, 0.15) is 22.3 Å². The molecule has 2 rings (SSSR count). The summed E-state index contributed by atoms with van der Waals surface area (Å²) >= 11 is 5.91. The second-order valence-corrected chi connectivity index (χ2v) is 3.97. The average molecular weight is 242 g/mol. The van der Waals surface area contributed by atoms with Crippen molar-refractivity contribution >= 4 is 22.5 Å². The molecule has 1 nitrogen and oxygen atoms in total. The van der Waals surface area contributed by atoms with Crippen LogP contribution in [0.15, 0.2) is 18.2 Å². The van der Waals surface area contributed by atoms with E-state index in [4.69, 9.17) is 11.6 Å². The van der Waals surface area contributed by atoms with Crippen molar-refractivity contribution in [1.82, 2.24) is 4.98 Å². The maximum absolute atomic E-state index is 13.5. The lowest BCUT2D eigenvalue weighted by Crippen LogP contribution is -1.94. The number of hydrogen-bond donors (Lipinski definition) is 0. The summed E-state index contributed by atoms with van der Waals surface area (Å²) in [5, 5.41) is 0.437. The Morgan fingerprint density at radius 3 is 2.62 bits per heavy atom. The van der Waals surface area contributed by atoms with Crippen LogP contribution in [0.5, 0.6) is 0 Å². The fourth-order valence-corrected chi connectivity index (χ4v) is 1.89. The first-order valence-electron chi connectivity index (χ1n) is 5.06. The van der Waals surface area contributed by atoms with Crippen molar-refractivity contribution in [2.45, 2.75) is 19.8 Å². The second kappa shape index (κ2) is 4.34. The van der Waals surface area contributed by atoms with Gasteiger partial charge in [0, 0.05) is 5.39 Å². The number of rotatable bonds is 2. The van der Waals surface area contributed by atoms with Gasteiger partial charge in [0.2, 0.25) is 0 Å². The number of halogens is 3. The van der Waals surface area contributed by atoms with Crippen molar-refractivity contribution in [1.29, 1.82) is 0 Å². The summed E-state index contributed by atoms with van der Waals surface area (Å²) in [6.45, 7) is 1.99. The topological polar surface area (TPSA) is 12.9 Å². The van der Waals surface area contributed by atoms with Crippen LogP contribution in [0, 0.1) is 11.6 Å². The van der Waals surface area contributed by atoms with Crippen LogP contribution in [0.4, 0.5) is 8.78 Å². The molecular weight excluding hydrogens is 232 g/mol. The number of aryl methyl sites for hydroxylation is 1. The van der Waals surface area contributed by atoms with E-state index in [-0.39, 0.29) is 16.1 Å². The number of fused-ring (bicyclic) bond motifs is 1. The predicted molar refractivity (Wildman–Crippen MR) is 60.7 cm³/mol. The van der Waals surface area contributed by atoms with Crippen LogP contribution in [0.2, 0.25) is 5.15 Å². The molecule has 0 amide bonds. The zero-order valence-electron chi connectivity index (χ0n) is 8.73. The molecule has 0 aliphatic heterocycles. The minimum atomic E-state index is -0.554. The number of nitrogens with zero attached hydrogens (tertiary/aromatic N) is 1. The summed E-state index contributed by atoms with van der Waals surface area (Å²) in [6.07, 6.45) is 1.58. The van der Waals surface area contributed by atoms with Crippen LogP contribution < -0.4 is 0 Å². The quantitative estimate of drug-likeness (QED) is 0.721. The molecule has 0 saturated carbocycles. The molecule has 0 saturated heterocycles. The van der Waals surface area contributed by atoms with Crippen LogP contribution in [0.3, 0.4) is 0 Å². The number of aromatic nitrogens is 1. The molecule has 0 aliphatic carbocycles. The van der Waals surface area contributed by atoms with E-state index in [0.717, 1.165) is 24.1 Å². The Balaban J connectivity index is 2.73. The molecule has 0 radical (unpaired) electrons. The van der Waals surface area contributed by atoms with Crippen LogP contribution >= 0.6 is 11.6 Å². The molecule has 0 spiro atoms. The van der Waals surface area contributed by atoms with E-state index in [0.29, 0.717) is 6.42 Å². The fraction of sp³-hybridized carbons (Fsp3) is 0.250. The summed E-state index contributed by atoms with van der Waals surface area (Å²) in [4.78, 5) is 3.91. The third-order valence-corrected chi connectivity index (χ3v) is 2.75. The summed E-state index contributed by atoms with van der Waals surface area (Å²) in [5.41, 5.74) is 0.742. The molecule has 2 aromatic rings. The summed E-state index contributed by atoms with van der Waals surface area (Å²) < 4.78 is 26.8. The zero-order chi connectivity index (χ0) is 11.7. The van der Waals surface area contributed by atoms with Gasteiger partial charge in [-0.3, -0.25) is 0 Å². The summed E-state index contributed by atoms with van der Waals surface area (Å²) in [5.74, 6) is -1.03. The van der Waals surface area contributed by atoms with Crippen molar-refractivity contribution in [3.8, 4) is 0 Å². The van der Waals surface area contributed by atoms with E-state index in [1.54, 1.807) is 6.07 Å². The van der Waals surface area contributed by atoms with Crippen LogP contribution in [0.25, 0.3) is 10.9 Å². The number of pyridine rings is 1. The summed E-state index contributed by atoms with van der Waals surface area (Å²) in [7, 11) is 0. The molecule has 0 fully saturated rings. The van der Waals surface area contributed by atoms with Gasteiger partial charge in [0.25, 0.3) is 0 Å². The normalized spacial score (nSPS) is 11.0. The minimum Gasteiger partial charge on any atom is -0.233 e. The lowest BCUT2D eigenvalue weighted by atomic mass is 10.1. The van der Waals surface area contributed by atoms with Gasteiger partial charge in [-0.15, -0.1) is 0 Å². The van der Waals surface area contributed by atoms with Crippen molar-refractivity contribution in [2.24, 2.45) is 0 Å². The Hall–Kier alpha value is -1.22. The van der Waals surface area contributed by atoms with Crippen molar-refractivity contribution in [3.05, 3.63) is 40.6 Å². The van der Waals surface area contributed by atoms with Gasteiger partial charge in [-0.2, -0.15) is 0 Å². The number of hydrogen-bond acceptors (Lipinski definition) is 1. The van der Waals surface area contributed by atoms with Crippen molar-refractivity contribution in [2.75, 3.05) is 0 Å². The molecule has 0 atom stereocenters. The molecule has 4 heteroatoms. The Bertz CT molecular complexity index is 540. The van der Waals surface area contributed by atoms with Crippen LogP contribution in [-0.2, 0) is 6.42 Å². The molecule has 0 unspecified atom stereocenters. The molecule has 1 aromatic heterocycles. The van der Waals surface area contributed by atoms with Gasteiger partial charge < -0.3 is 0 Å². The van der Waals surface area contributed by atoms with Gasteiger partial charge in [-0.1, -0.05) is 24.9 Å². The highest BCUT2D eigenvalue weighted by Crippen LogP contribution is 2.25. The third-order valence-electron chi connectivity index (χ3n) is 2.43. The second-order valence-electron chi connectivity index (χ2n) is 3.61. The molecule has 0 N–H and O–H groups in total. The van der Waals surface area contributed by atoms with Gasteiger partial charge >= 0.3 is 0 Å². The monoisotopic (exact) mass is 241 g/mol. The largest absolute Gasteiger partial charge is 0.233 e. The van der Waals surface area contributed by atoms with Gasteiger partial charge in [0.05, 0.1) is 0 Å². The highest BCUT2D eigenvalue weighted by Gasteiger charge is 2.11. The van der Waals surface area contributed by atoms with Gasteiger partial charge in [-0.05, 0) is 30.2 Å². The first kappa shape index (κ1) is 11.3. The van der Waals surface area contributed by atoms with E-state index < -0.39 is 11.6 Å². The van der Waals surface area contributed by atoms with E-state index in [1.807, 2.05) is 6.92 Å². The van der Waals surface area contributed by atoms with Crippen molar-refractivity contribution in [3.63, 3.8) is 0 Å². The zero-order valence-corrected chi connectivity index (χ0v) is 9.48. The summed E-state index contributed by atoms with van der Waals surface area (Å²) in [6, 6.07) is 3.73. The Morgan fingerprint density at radius 1 is 1.25 bits per heavy atom. The molecule has 84 valence electrons. The maximum atomic E-state index is 13.5. The first-order chi connectivity index (χ1) is 7.63. The molecule has 0 aliphatic rings. The Morgan fingerprint density at radius 2 is 1.94 bits per heavy atom. The maximum Gasteiger partial charge on any atom is 0.149 e.